The van der Waals surface area contributed by atoms with Crippen molar-refractivity contribution < 1.29 is 27.9 Å². The van der Waals surface area contributed by atoms with E-state index < -0.39 is 17.7 Å². The molecule has 206 valence electrons. The van der Waals surface area contributed by atoms with E-state index in [0.717, 1.165) is 63.7 Å². The van der Waals surface area contributed by atoms with Crippen LogP contribution in [0.1, 0.15) is 91.7 Å². The molecule has 8 heteroatoms. The van der Waals surface area contributed by atoms with Crippen LogP contribution in [0.25, 0.3) is 0 Å². The molecule has 0 atom stereocenters. The van der Waals surface area contributed by atoms with Crippen LogP contribution >= 0.6 is 0 Å². The van der Waals surface area contributed by atoms with Gasteiger partial charge in [-0.2, -0.15) is 13.2 Å². The first kappa shape index (κ1) is 28.1. The number of oxime groups is 1. The minimum Gasteiger partial charge on any atom is -0.481 e. The molecule has 1 heterocycles. The zero-order chi connectivity index (χ0) is 27.3. The predicted molar refractivity (Wildman–Crippen MR) is 141 cm³/mol. The molecule has 0 aromatic heterocycles. The number of hydrogen-bond acceptors (Lipinski definition) is 4. The number of alkyl halides is 3. The predicted octanol–water partition coefficient (Wildman–Crippen LogP) is 7.16. The van der Waals surface area contributed by atoms with Gasteiger partial charge < -0.3 is 9.94 Å². The molecule has 2 aromatic rings. The number of benzene rings is 2. The van der Waals surface area contributed by atoms with E-state index in [1.54, 1.807) is 12.1 Å². The lowest BCUT2D eigenvalue weighted by Gasteiger charge is -2.39. The fourth-order valence-electron chi connectivity index (χ4n) is 5.72. The molecule has 5 nitrogen and oxygen atoms in total. The van der Waals surface area contributed by atoms with Crippen molar-refractivity contribution in [3.8, 4) is 0 Å². The topological polar surface area (TPSA) is 62.1 Å². The maximum atomic E-state index is 13.8. The Bertz CT molecular complexity index is 1150. The minimum absolute atomic E-state index is 0.0291. The van der Waals surface area contributed by atoms with Crippen LogP contribution in [0.2, 0.25) is 0 Å². The van der Waals surface area contributed by atoms with E-state index in [1.165, 1.54) is 17.2 Å². The van der Waals surface area contributed by atoms with Crippen LogP contribution in [-0.2, 0) is 35.4 Å². The van der Waals surface area contributed by atoms with Gasteiger partial charge in [0.2, 0.25) is 0 Å². The van der Waals surface area contributed by atoms with Crippen molar-refractivity contribution in [2.24, 2.45) is 11.1 Å². The standard InChI is InChI=1S/C30H37F3N2O3/c1-3-23-15-25(10-11-26(23)18-35-16-22(17-35)14-29(36)37)20(2)34-38-19-21-9-12-27(24-7-5-4-6-8-24)28(13-21)30(31,32)33/h9-13,15,22,24H,3-8,14,16-19H2,1-2H3,(H,36,37). The first-order chi connectivity index (χ1) is 18.1. The third-order valence-corrected chi connectivity index (χ3v) is 7.80. The van der Waals surface area contributed by atoms with Crippen LogP contribution in [0, 0.1) is 5.92 Å². The summed E-state index contributed by atoms with van der Waals surface area (Å²) in [6, 6.07) is 10.7. The monoisotopic (exact) mass is 530 g/mol. The lowest BCUT2D eigenvalue weighted by Crippen LogP contribution is -2.46. The highest BCUT2D eigenvalue weighted by atomic mass is 19.4. The molecule has 1 aliphatic heterocycles. The van der Waals surface area contributed by atoms with Gasteiger partial charge in [0.15, 0.2) is 0 Å². The molecule has 1 saturated carbocycles. The Hall–Kier alpha value is -2.87. The molecule has 2 aliphatic rings. The number of halogens is 3. The Labute approximate surface area is 222 Å². The van der Waals surface area contributed by atoms with Gasteiger partial charge in [-0.05, 0) is 78.0 Å². The van der Waals surface area contributed by atoms with E-state index >= 15 is 0 Å². The summed E-state index contributed by atoms with van der Waals surface area (Å²) in [4.78, 5) is 18.6. The molecule has 0 unspecified atom stereocenters. The summed E-state index contributed by atoms with van der Waals surface area (Å²) < 4.78 is 41.5. The molecule has 0 radical (unpaired) electrons. The van der Waals surface area contributed by atoms with Gasteiger partial charge in [0.25, 0.3) is 0 Å². The number of carbonyl (C=O) groups is 1. The number of carboxylic acid groups (broad SMARTS) is 1. The molecule has 1 N–H and O–H groups in total. The summed E-state index contributed by atoms with van der Waals surface area (Å²) in [5.41, 5.74) is 4.26. The summed E-state index contributed by atoms with van der Waals surface area (Å²) in [5.74, 6) is -0.555. The van der Waals surface area contributed by atoms with Gasteiger partial charge in [0, 0.05) is 19.6 Å². The van der Waals surface area contributed by atoms with Crippen molar-refractivity contribution in [3.05, 3.63) is 69.8 Å². The van der Waals surface area contributed by atoms with Crippen molar-refractivity contribution in [1.82, 2.24) is 4.90 Å². The van der Waals surface area contributed by atoms with E-state index in [0.29, 0.717) is 16.8 Å². The quantitative estimate of drug-likeness (QED) is 0.261. The van der Waals surface area contributed by atoms with Crippen LogP contribution in [0.3, 0.4) is 0 Å². The number of aryl methyl sites for hydroxylation is 1. The largest absolute Gasteiger partial charge is 0.481 e. The first-order valence-corrected chi connectivity index (χ1v) is 13.6. The van der Waals surface area contributed by atoms with Crippen LogP contribution < -0.4 is 0 Å². The van der Waals surface area contributed by atoms with Crippen molar-refractivity contribution in [2.75, 3.05) is 13.1 Å². The second kappa shape index (κ2) is 12.3. The molecule has 38 heavy (non-hydrogen) atoms. The summed E-state index contributed by atoms with van der Waals surface area (Å²) in [7, 11) is 0. The molecule has 1 aliphatic carbocycles. The third kappa shape index (κ3) is 7.16. The van der Waals surface area contributed by atoms with Gasteiger partial charge in [0.05, 0.1) is 17.7 Å². The molecule has 2 fully saturated rings. The van der Waals surface area contributed by atoms with Crippen LogP contribution in [0.5, 0.6) is 0 Å². The van der Waals surface area contributed by atoms with Gasteiger partial charge in [-0.3, -0.25) is 9.69 Å². The second-order valence-corrected chi connectivity index (χ2v) is 10.7. The van der Waals surface area contributed by atoms with Crippen LogP contribution in [0.4, 0.5) is 13.2 Å². The molecule has 1 saturated heterocycles. The maximum absolute atomic E-state index is 13.8. The second-order valence-electron chi connectivity index (χ2n) is 10.7. The zero-order valence-corrected chi connectivity index (χ0v) is 22.2. The van der Waals surface area contributed by atoms with E-state index in [1.807, 2.05) is 13.0 Å². The first-order valence-electron chi connectivity index (χ1n) is 13.6. The highest BCUT2D eigenvalue weighted by Crippen LogP contribution is 2.41. The van der Waals surface area contributed by atoms with Gasteiger partial charge in [0.1, 0.15) is 6.61 Å². The number of nitrogens with zero attached hydrogens (tertiary/aromatic N) is 2. The summed E-state index contributed by atoms with van der Waals surface area (Å²) >= 11 is 0. The highest BCUT2D eigenvalue weighted by molar-refractivity contribution is 5.98. The highest BCUT2D eigenvalue weighted by Gasteiger charge is 2.36. The van der Waals surface area contributed by atoms with Gasteiger partial charge >= 0.3 is 12.1 Å². The molecule has 0 amide bonds. The fourth-order valence-corrected chi connectivity index (χ4v) is 5.72. The Morgan fingerprint density at radius 1 is 1.08 bits per heavy atom. The summed E-state index contributed by atoms with van der Waals surface area (Å²) in [6.45, 7) is 6.26. The molecule has 0 spiro atoms. The van der Waals surface area contributed by atoms with E-state index in [-0.39, 0.29) is 24.9 Å². The summed E-state index contributed by atoms with van der Waals surface area (Å²) in [5, 5.41) is 13.1. The van der Waals surface area contributed by atoms with Crippen LogP contribution in [-0.4, -0.2) is 34.8 Å². The Morgan fingerprint density at radius 2 is 1.82 bits per heavy atom. The third-order valence-electron chi connectivity index (χ3n) is 7.80. The van der Waals surface area contributed by atoms with Gasteiger partial charge in [-0.15, -0.1) is 0 Å². The molecular weight excluding hydrogens is 493 g/mol. The average Bonchev–Trinajstić information content (AvgIpc) is 2.87. The minimum atomic E-state index is -4.40. The van der Waals surface area contributed by atoms with Crippen LogP contribution in [0.15, 0.2) is 41.6 Å². The van der Waals surface area contributed by atoms with Crippen molar-refractivity contribution in [2.45, 2.75) is 84.0 Å². The van der Waals surface area contributed by atoms with E-state index in [2.05, 4.69) is 29.1 Å². The lowest BCUT2D eigenvalue weighted by molar-refractivity contribution is -0.140. The van der Waals surface area contributed by atoms with Gasteiger partial charge in [-0.25, -0.2) is 0 Å². The Balaban J connectivity index is 1.38. The normalized spacial score (nSPS) is 17.9. The molecule has 4 rings (SSSR count). The SMILES string of the molecule is CCc1cc(C(C)=NOCc2ccc(C3CCCCC3)c(C(F)(F)F)c2)ccc1CN1CC(CC(=O)O)C1. The molecule has 2 aromatic carbocycles. The van der Waals surface area contributed by atoms with Crippen molar-refractivity contribution in [3.63, 3.8) is 0 Å². The maximum Gasteiger partial charge on any atom is 0.416 e. The zero-order valence-electron chi connectivity index (χ0n) is 22.2. The van der Waals surface area contributed by atoms with Gasteiger partial charge in [-0.1, -0.05) is 55.6 Å². The number of aliphatic carboxylic acids is 1. The van der Waals surface area contributed by atoms with Crippen molar-refractivity contribution in [1.29, 1.82) is 0 Å². The smallest absolute Gasteiger partial charge is 0.416 e. The van der Waals surface area contributed by atoms with Crippen molar-refractivity contribution >= 4 is 11.7 Å². The number of hydrogen-bond donors (Lipinski definition) is 1. The van der Waals surface area contributed by atoms with E-state index in [4.69, 9.17) is 9.94 Å². The average molecular weight is 531 g/mol. The summed E-state index contributed by atoms with van der Waals surface area (Å²) in [6.07, 6.45) is 1.34. The fraction of sp³-hybridized carbons (Fsp3) is 0.533. The Morgan fingerprint density at radius 3 is 2.47 bits per heavy atom. The Kier molecular flexibility index (Phi) is 9.13. The van der Waals surface area contributed by atoms with E-state index in [9.17, 15) is 18.0 Å². The lowest BCUT2D eigenvalue weighted by atomic mass is 9.81. The number of rotatable bonds is 10. The molecular formula is C30H37F3N2O3. The number of likely N-dealkylation sites (tertiary alicyclic amines) is 1. The molecule has 0 bridgehead atoms. The number of carboxylic acids is 1.